The first kappa shape index (κ1) is 13.1. The molecule has 0 bridgehead atoms. The molecule has 1 atom stereocenters. The van der Waals surface area contributed by atoms with Crippen LogP contribution >= 0.6 is 0 Å². The number of piperidine rings is 1. The van der Waals surface area contributed by atoms with E-state index in [2.05, 4.69) is 43.1 Å². The summed E-state index contributed by atoms with van der Waals surface area (Å²) in [5.41, 5.74) is 9.71. The Bertz CT molecular complexity index is 440. The minimum Gasteiger partial charge on any atom is -0.327 e. The van der Waals surface area contributed by atoms with Crippen LogP contribution in [-0.4, -0.2) is 31.1 Å². The van der Waals surface area contributed by atoms with Gasteiger partial charge in [-0.05, 0) is 69.8 Å². The van der Waals surface area contributed by atoms with Crippen LogP contribution in [0.25, 0.3) is 0 Å². The van der Waals surface area contributed by atoms with Gasteiger partial charge in [0, 0.05) is 11.5 Å². The molecule has 1 aromatic rings. The summed E-state index contributed by atoms with van der Waals surface area (Å²) >= 11 is 0. The molecule has 19 heavy (non-hydrogen) atoms. The molecule has 0 aromatic heterocycles. The number of benzene rings is 1. The topological polar surface area (TPSA) is 29.3 Å². The van der Waals surface area contributed by atoms with E-state index in [1.807, 2.05) is 0 Å². The van der Waals surface area contributed by atoms with Crippen LogP contribution in [0.4, 0.5) is 0 Å². The Morgan fingerprint density at radius 3 is 2.42 bits per heavy atom. The van der Waals surface area contributed by atoms with Gasteiger partial charge in [0.05, 0.1) is 0 Å². The summed E-state index contributed by atoms with van der Waals surface area (Å²) in [4.78, 5) is 2.44. The third-order valence-electron chi connectivity index (χ3n) is 5.32. The monoisotopic (exact) mass is 258 g/mol. The second kappa shape index (κ2) is 4.92. The fourth-order valence-corrected chi connectivity index (χ4v) is 3.73. The van der Waals surface area contributed by atoms with Crippen LogP contribution in [0.15, 0.2) is 24.3 Å². The van der Waals surface area contributed by atoms with Crippen molar-refractivity contribution in [3.8, 4) is 0 Å². The van der Waals surface area contributed by atoms with Crippen molar-refractivity contribution >= 4 is 0 Å². The van der Waals surface area contributed by atoms with E-state index in [4.69, 9.17) is 5.73 Å². The van der Waals surface area contributed by atoms with Gasteiger partial charge in [-0.2, -0.15) is 0 Å². The van der Waals surface area contributed by atoms with Crippen LogP contribution in [0.5, 0.6) is 0 Å². The van der Waals surface area contributed by atoms with Crippen molar-refractivity contribution in [1.82, 2.24) is 4.90 Å². The molecule has 2 N–H and O–H groups in total. The van der Waals surface area contributed by atoms with Gasteiger partial charge in [-0.15, -0.1) is 0 Å². The van der Waals surface area contributed by atoms with Gasteiger partial charge in [-0.3, -0.25) is 0 Å². The first-order valence-corrected chi connectivity index (χ1v) is 7.67. The molecule has 1 unspecified atom stereocenters. The summed E-state index contributed by atoms with van der Waals surface area (Å²) in [6.07, 6.45) is 5.13. The van der Waals surface area contributed by atoms with E-state index in [0.717, 1.165) is 5.92 Å². The summed E-state index contributed by atoms with van der Waals surface area (Å²) in [7, 11) is 2.23. The maximum Gasteiger partial charge on any atom is 0.0108 e. The van der Waals surface area contributed by atoms with Crippen molar-refractivity contribution < 1.29 is 0 Å². The highest BCUT2D eigenvalue weighted by Gasteiger charge is 2.48. The van der Waals surface area contributed by atoms with Gasteiger partial charge in [0.1, 0.15) is 0 Å². The van der Waals surface area contributed by atoms with Gasteiger partial charge in [0.25, 0.3) is 0 Å². The van der Waals surface area contributed by atoms with E-state index in [1.165, 1.54) is 38.8 Å². The molecule has 0 radical (unpaired) electrons. The molecule has 2 heteroatoms. The molecule has 2 fully saturated rings. The minimum absolute atomic E-state index is 0.278. The van der Waals surface area contributed by atoms with Crippen molar-refractivity contribution in [2.75, 3.05) is 20.1 Å². The second-order valence-electron chi connectivity index (χ2n) is 6.61. The van der Waals surface area contributed by atoms with Crippen LogP contribution in [-0.2, 0) is 5.41 Å². The molecule has 0 amide bonds. The predicted octanol–water partition coefficient (Wildman–Crippen LogP) is 2.87. The van der Waals surface area contributed by atoms with E-state index in [0.29, 0.717) is 5.41 Å². The zero-order valence-electron chi connectivity index (χ0n) is 12.2. The van der Waals surface area contributed by atoms with Gasteiger partial charge < -0.3 is 10.6 Å². The Kier molecular flexibility index (Phi) is 3.40. The highest BCUT2D eigenvalue weighted by molar-refractivity contribution is 5.42. The molecular weight excluding hydrogens is 232 g/mol. The van der Waals surface area contributed by atoms with E-state index in [1.54, 1.807) is 11.1 Å². The number of likely N-dealkylation sites (tertiary alicyclic amines) is 1. The molecule has 104 valence electrons. The molecule has 3 rings (SSSR count). The summed E-state index contributed by atoms with van der Waals surface area (Å²) < 4.78 is 0. The average molecular weight is 258 g/mol. The Labute approximate surface area is 117 Å². The van der Waals surface area contributed by atoms with Crippen molar-refractivity contribution in [3.05, 3.63) is 35.4 Å². The number of hydrogen-bond donors (Lipinski definition) is 1. The first-order valence-electron chi connectivity index (χ1n) is 7.67. The zero-order chi connectivity index (χ0) is 13.5. The highest BCUT2D eigenvalue weighted by atomic mass is 15.1. The molecule has 1 saturated carbocycles. The third-order valence-corrected chi connectivity index (χ3v) is 5.32. The highest BCUT2D eigenvalue weighted by Crippen LogP contribution is 2.52. The lowest BCUT2D eigenvalue weighted by atomic mass is 9.79. The van der Waals surface area contributed by atoms with Crippen molar-refractivity contribution in [1.29, 1.82) is 0 Å². The van der Waals surface area contributed by atoms with Gasteiger partial charge in [-0.1, -0.05) is 24.3 Å². The Balaban J connectivity index is 1.90. The van der Waals surface area contributed by atoms with Gasteiger partial charge >= 0.3 is 0 Å². The van der Waals surface area contributed by atoms with Crippen LogP contribution in [0, 0.1) is 0 Å². The quantitative estimate of drug-likeness (QED) is 0.903. The van der Waals surface area contributed by atoms with Gasteiger partial charge in [-0.25, -0.2) is 0 Å². The fraction of sp³-hybridized carbons (Fsp3) is 0.647. The fourth-order valence-electron chi connectivity index (χ4n) is 3.73. The number of hydrogen-bond acceptors (Lipinski definition) is 2. The van der Waals surface area contributed by atoms with Gasteiger partial charge in [0.2, 0.25) is 0 Å². The van der Waals surface area contributed by atoms with Gasteiger partial charge in [0.15, 0.2) is 0 Å². The summed E-state index contributed by atoms with van der Waals surface area (Å²) in [6.45, 7) is 4.63. The predicted molar refractivity (Wildman–Crippen MR) is 80.5 cm³/mol. The first-order chi connectivity index (χ1) is 9.13. The normalized spacial score (nSPS) is 25.2. The minimum atomic E-state index is 0.278. The van der Waals surface area contributed by atoms with E-state index < -0.39 is 0 Å². The molecule has 2 nitrogen and oxygen atoms in total. The summed E-state index contributed by atoms with van der Waals surface area (Å²) in [5, 5.41) is 0. The Morgan fingerprint density at radius 2 is 1.84 bits per heavy atom. The molecule has 1 heterocycles. The maximum absolute atomic E-state index is 6.28. The SMILES string of the molecule is CC(N)C1(c2ccccc2C2CCN(C)CC2)CC1. The lowest BCUT2D eigenvalue weighted by Gasteiger charge is -2.32. The Hall–Kier alpha value is -0.860. The summed E-state index contributed by atoms with van der Waals surface area (Å²) in [5.74, 6) is 0.739. The van der Waals surface area contributed by atoms with E-state index in [-0.39, 0.29) is 6.04 Å². The van der Waals surface area contributed by atoms with Crippen molar-refractivity contribution in [2.24, 2.45) is 5.73 Å². The smallest absolute Gasteiger partial charge is 0.0108 e. The third kappa shape index (κ3) is 2.32. The summed E-state index contributed by atoms with van der Waals surface area (Å²) in [6, 6.07) is 9.36. The zero-order valence-corrected chi connectivity index (χ0v) is 12.2. The second-order valence-corrected chi connectivity index (χ2v) is 6.61. The average Bonchev–Trinajstić information content (AvgIpc) is 3.21. The van der Waals surface area contributed by atoms with Crippen molar-refractivity contribution in [3.63, 3.8) is 0 Å². The molecule has 1 aliphatic heterocycles. The number of nitrogens with zero attached hydrogens (tertiary/aromatic N) is 1. The largest absolute Gasteiger partial charge is 0.327 e. The lowest BCUT2D eigenvalue weighted by Crippen LogP contribution is -2.34. The molecule has 1 aromatic carbocycles. The molecule has 1 saturated heterocycles. The maximum atomic E-state index is 6.28. The van der Waals surface area contributed by atoms with Crippen LogP contribution in [0.1, 0.15) is 49.7 Å². The Morgan fingerprint density at radius 1 is 1.21 bits per heavy atom. The van der Waals surface area contributed by atoms with E-state index >= 15 is 0 Å². The van der Waals surface area contributed by atoms with Crippen LogP contribution < -0.4 is 5.73 Å². The standard InChI is InChI=1S/C17H26N2/c1-13(18)17(9-10-17)16-6-4-3-5-15(16)14-7-11-19(2)12-8-14/h3-6,13-14H,7-12,18H2,1-2H3. The van der Waals surface area contributed by atoms with Crippen molar-refractivity contribution in [2.45, 2.75) is 50.0 Å². The molecular formula is C17H26N2. The molecule has 1 aliphatic carbocycles. The lowest BCUT2D eigenvalue weighted by molar-refractivity contribution is 0.254. The molecule has 0 spiro atoms. The van der Waals surface area contributed by atoms with E-state index in [9.17, 15) is 0 Å². The van der Waals surface area contributed by atoms with Crippen LogP contribution in [0.3, 0.4) is 0 Å². The molecule has 2 aliphatic rings. The van der Waals surface area contributed by atoms with Crippen LogP contribution in [0.2, 0.25) is 0 Å². The number of rotatable bonds is 3. The number of nitrogens with two attached hydrogens (primary N) is 1.